The molecule has 2 N–H and O–H groups in total. The molecule has 0 spiro atoms. The van der Waals surface area contributed by atoms with Crippen molar-refractivity contribution in [3.63, 3.8) is 0 Å². The summed E-state index contributed by atoms with van der Waals surface area (Å²) in [7, 11) is 0. The monoisotopic (exact) mass is 240 g/mol. The van der Waals surface area contributed by atoms with Crippen LogP contribution < -0.4 is 0 Å². The molecule has 1 aromatic carbocycles. The Balaban J connectivity index is 3.11. The van der Waals surface area contributed by atoms with Crippen LogP contribution in [0.3, 0.4) is 0 Å². The Kier molecular flexibility index (Phi) is 4.08. The van der Waals surface area contributed by atoms with E-state index in [4.69, 9.17) is 21.8 Å². The van der Waals surface area contributed by atoms with E-state index in [0.717, 1.165) is 6.08 Å². The minimum atomic E-state index is -1.18. The van der Waals surface area contributed by atoms with Crippen molar-refractivity contribution in [3.8, 4) is 0 Å². The van der Waals surface area contributed by atoms with E-state index in [1.165, 1.54) is 6.07 Å². The van der Waals surface area contributed by atoms with Gasteiger partial charge in [0, 0.05) is 11.1 Å². The second-order valence-corrected chi connectivity index (χ2v) is 3.53. The van der Waals surface area contributed by atoms with Gasteiger partial charge in [-0.2, -0.15) is 0 Å². The SMILES string of the molecule is O=C(O)C=C(CC(=O)O)c1cccc(Cl)c1. The van der Waals surface area contributed by atoms with E-state index in [9.17, 15) is 9.59 Å². The smallest absolute Gasteiger partial charge is 0.328 e. The first-order chi connectivity index (χ1) is 7.49. The van der Waals surface area contributed by atoms with E-state index in [-0.39, 0.29) is 12.0 Å². The minimum Gasteiger partial charge on any atom is -0.481 e. The quantitative estimate of drug-likeness (QED) is 0.792. The second-order valence-electron chi connectivity index (χ2n) is 3.09. The predicted molar refractivity (Wildman–Crippen MR) is 59.3 cm³/mol. The molecule has 0 unspecified atom stereocenters. The van der Waals surface area contributed by atoms with Gasteiger partial charge in [-0.1, -0.05) is 23.7 Å². The van der Waals surface area contributed by atoms with Gasteiger partial charge in [0.15, 0.2) is 0 Å². The first kappa shape index (κ1) is 12.3. The Morgan fingerprint density at radius 2 is 2.00 bits per heavy atom. The molecule has 0 atom stereocenters. The van der Waals surface area contributed by atoms with Crippen molar-refractivity contribution < 1.29 is 19.8 Å². The maximum Gasteiger partial charge on any atom is 0.328 e. The summed E-state index contributed by atoms with van der Waals surface area (Å²) >= 11 is 5.74. The van der Waals surface area contributed by atoms with Gasteiger partial charge in [0.1, 0.15) is 0 Å². The fourth-order valence-electron chi connectivity index (χ4n) is 1.24. The summed E-state index contributed by atoms with van der Waals surface area (Å²) in [5.41, 5.74) is 0.708. The molecule has 0 aliphatic carbocycles. The zero-order valence-corrected chi connectivity index (χ0v) is 8.94. The molecular weight excluding hydrogens is 232 g/mol. The number of carboxylic acids is 2. The minimum absolute atomic E-state index is 0.211. The van der Waals surface area contributed by atoms with Gasteiger partial charge in [-0.05, 0) is 23.3 Å². The van der Waals surface area contributed by atoms with Gasteiger partial charge in [0.2, 0.25) is 0 Å². The van der Waals surface area contributed by atoms with Crippen LogP contribution in [0, 0.1) is 0 Å². The van der Waals surface area contributed by atoms with Crippen molar-refractivity contribution in [3.05, 3.63) is 40.9 Å². The highest BCUT2D eigenvalue weighted by molar-refractivity contribution is 6.30. The molecule has 0 saturated heterocycles. The fourth-order valence-corrected chi connectivity index (χ4v) is 1.43. The summed E-state index contributed by atoms with van der Waals surface area (Å²) in [5.74, 6) is -2.27. The Hall–Kier alpha value is -1.81. The number of halogens is 1. The van der Waals surface area contributed by atoms with Gasteiger partial charge >= 0.3 is 11.9 Å². The largest absolute Gasteiger partial charge is 0.481 e. The molecule has 0 saturated carbocycles. The summed E-state index contributed by atoms with van der Waals surface area (Å²) in [4.78, 5) is 21.1. The Labute approximate surface area is 96.8 Å². The third kappa shape index (κ3) is 3.74. The van der Waals surface area contributed by atoms with Crippen LogP contribution in [-0.2, 0) is 9.59 Å². The van der Waals surface area contributed by atoms with Crippen LogP contribution in [0.25, 0.3) is 5.57 Å². The molecule has 0 aliphatic heterocycles. The predicted octanol–water partition coefficient (Wildman–Crippen LogP) is 2.28. The van der Waals surface area contributed by atoms with Crippen LogP contribution in [0.4, 0.5) is 0 Å². The molecule has 0 bridgehead atoms. The first-order valence-electron chi connectivity index (χ1n) is 4.40. The van der Waals surface area contributed by atoms with E-state index in [2.05, 4.69) is 0 Å². The lowest BCUT2D eigenvalue weighted by Crippen LogP contribution is -2.00. The zero-order chi connectivity index (χ0) is 12.1. The highest BCUT2D eigenvalue weighted by atomic mass is 35.5. The van der Waals surface area contributed by atoms with Gasteiger partial charge in [-0.25, -0.2) is 4.79 Å². The molecule has 0 radical (unpaired) electrons. The average Bonchev–Trinajstić information content (AvgIpc) is 2.15. The third-order valence-electron chi connectivity index (χ3n) is 1.83. The number of rotatable bonds is 4. The maximum absolute atomic E-state index is 10.6. The number of hydrogen-bond acceptors (Lipinski definition) is 2. The molecule has 4 nitrogen and oxygen atoms in total. The van der Waals surface area contributed by atoms with Crippen molar-refractivity contribution >= 4 is 29.1 Å². The van der Waals surface area contributed by atoms with E-state index in [1.54, 1.807) is 18.2 Å². The number of hydrogen-bond donors (Lipinski definition) is 2. The highest BCUT2D eigenvalue weighted by Crippen LogP contribution is 2.21. The summed E-state index contributed by atoms with van der Waals surface area (Å²) in [6.07, 6.45) is 0.520. The molecule has 16 heavy (non-hydrogen) atoms. The normalized spacial score (nSPS) is 11.2. The molecule has 0 heterocycles. The Bertz CT molecular complexity index is 451. The molecule has 84 valence electrons. The van der Waals surface area contributed by atoms with Crippen LogP contribution in [0.5, 0.6) is 0 Å². The van der Waals surface area contributed by atoms with Crippen LogP contribution in [0.1, 0.15) is 12.0 Å². The molecule has 0 aromatic heterocycles. The topological polar surface area (TPSA) is 74.6 Å². The number of carbonyl (C=O) groups is 2. The fraction of sp³-hybridized carbons (Fsp3) is 0.0909. The molecule has 1 rings (SSSR count). The van der Waals surface area contributed by atoms with Crippen LogP contribution in [-0.4, -0.2) is 22.2 Å². The van der Waals surface area contributed by atoms with Crippen molar-refractivity contribution in [1.82, 2.24) is 0 Å². The van der Waals surface area contributed by atoms with E-state index >= 15 is 0 Å². The summed E-state index contributed by atoms with van der Waals surface area (Å²) < 4.78 is 0. The molecule has 5 heteroatoms. The number of aliphatic carboxylic acids is 2. The maximum atomic E-state index is 10.6. The van der Waals surface area contributed by atoms with Crippen molar-refractivity contribution in [2.45, 2.75) is 6.42 Å². The van der Waals surface area contributed by atoms with Gasteiger partial charge in [0.05, 0.1) is 6.42 Å². The van der Waals surface area contributed by atoms with Gasteiger partial charge in [-0.3, -0.25) is 4.79 Å². The van der Waals surface area contributed by atoms with E-state index < -0.39 is 11.9 Å². The van der Waals surface area contributed by atoms with Crippen molar-refractivity contribution in [2.75, 3.05) is 0 Å². The number of benzene rings is 1. The first-order valence-corrected chi connectivity index (χ1v) is 4.78. The van der Waals surface area contributed by atoms with Crippen LogP contribution in [0.15, 0.2) is 30.3 Å². The molecule has 0 amide bonds. The highest BCUT2D eigenvalue weighted by Gasteiger charge is 2.09. The average molecular weight is 241 g/mol. The lowest BCUT2D eigenvalue weighted by atomic mass is 10.0. The van der Waals surface area contributed by atoms with Crippen LogP contribution in [0.2, 0.25) is 5.02 Å². The standard InChI is InChI=1S/C11H9ClO4/c12-9-3-1-2-7(4-9)8(5-10(13)14)6-11(15)16/h1-5H,6H2,(H,13,14)(H,15,16). The summed E-state index contributed by atoms with van der Waals surface area (Å²) in [6, 6.07) is 6.41. The number of carboxylic acid groups (broad SMARTS) is 2. The van der Waals surface area contributed by atoms with Crippen molar-refractivity contribution in [2.24, 2.45) is 0 Å². The van der Waals surface area contributed by atoms with Gasteiger partial charge in [-0.15, -0.1) is 0 Å². The molecule has 1 aromatic rings. The Morgan fingerprint density at radius 3 is 2.50 bits per heavy atom. The van der Waals surface area contributed by atoms with Crippen molar-refractivity contribution in [1.29, 1.82) is 0 Å². The second kappa shape index (κ2) is 5.32. The Morgan fingerprint density at radius 1 is 1.31 bits per heavy atom. The van der Waals surface area contributed by atoms with Gasteiger partial charge < -0.3 is 10.2 Å². The molecule has 0 fully saturated rings. The third-order valence-corrected chi connectivity index (χ3v) is 2.07. The molecular formula is C11H9ClO4. The summed E-state index contributed by atoms with van der Waals surface area (Å²) in [5, 5.41) is 17.7. The zero-order valence-electron chi connectivity index (χ0n) is 8.18. The summed E-state index contributed by atoms with van der Waals surface area (Å²) in [6.45, 7) is 0. The molecule has 0 aliphatic rings. The van der Waals surface area contributed by atoms with Crippen LogP contribution >= 0.6 is 11.6 Å². The van der Waals surface area contributed by atoms with Gasteiger partial charge in [0.25, 0.3) is 0 Å². The van der Waals surface area contributed by atoms with E-state index in [0.29, 0.717) is 10.6 Å². The lowest BCUT2D eigenvalue weighted by molar-refractivity contribution is -0.135. The lowest BCUT2D eigenvalue weighted by Gasteiger charge is -2.04. The van der Waals surface area contributed by atoms with E-state index in [1.807, 2.05) is 0 Å².